The number of sulfonamides is 1. The molecule has 0 aromatic heterocycles. The van der Waals surface area contributed by atoms with Crippen LogP contribution in [-0.2, 0) is 19.6 Å². The Labute approximate surface area is 216 Å². The fourth-order valence-electron chi connectivity index (χ4n) is 3.35. The molecule has 1 aliphatic rings. The standard InChI is InChI=1S/C22H24FN3O4S.C2HF3O2/c1-2-13-24-21(27)16-11-14-26(15-12-16)22(28)17-3-7-19(8-4-17)25-31(29,30)20-9-5-18(23)6-10-20;3-2(4,5)1(6)7/h2-10,16,25H,1,11-15H2,(H,24,27);(H,6,7). The first-order valence-corrected chi connectivity index (χ1v) is 12.6. The Morgan fingerprint density at radius 2 is 1.55 bits per heavy atom. The first-order valence-electron chi connectivity index (χ1n) is 11.1. The van der Waals surface area contributed by atoms with Crippen molar-refractivity contribution in [2.24, 2.45) is 5.92 Å². The van der Waals surface area contributed by atoms with Gasteiger partial charge in [-0.15, -0.1) is 6.58 Å². The highest BCUT2D eigenvalue weighted by atomic mass is 32.2. The number of nitrogens with one attached hydrogen (secondary N) is 2. The molecule has 1 aliphatic heterocycles. The van der Waals surface area contributed by atoms with Crippen LogP contribution in [0.1, 0.15) is 23.2 Å². The van der Waals surface area contributed by atoms with Gasteiger partial charge >= 0.3 is 12.1 Å². The van der Waals surface area contributed by atoms with Crippen LogP contribution in [0.15, 0.2) is 66.1 Å². The van der Waals surface area contributed by atoms with Crippen LogP contribution in [0.25, 0.3) is 0 Å². The van der Waals surface area contributed by atoms with Gasteiger partial charge in [-0.2, -0.15) is 13.2 Å². The van der Waals surface area contributed by atoms with Gasteiger partial charge in [0.05, 0.1) is 4.90 Å². The van der Waals surface area contributed by atoms with E-state index in [4.69, 9.17) is 9.90 Å². The molecule has 0 radical (unpaired) electrons. The fraction of sp³-hybridized carbons (Fsp3) is 0.292. The lowest BCUT2D eigenvalue weighted by atomic mass is 9.95. The van der Waals surface area contributed by atoms with Gasteiger partial charge in [0, 0.05) is 36.8 Å². The van der Waals surface area contributed by atoms with Crippen molar-refractivity contribution < 1.29 is 45.5 Å². The molecule has 9 nitrogen and oxygen atoms in total. The summed E-state index contributed by atoms with van der Waals surface area (Å²) >= 11 is 0. The number of carboxylic acids is 1. The summed E-state index contributed by atoms with van der Waals surface area (Å²) in [5.41, 5.74) is 0.720. The first kappa shape index (κ1) is 30.3. The van der Waals surface area contributed by atoms with Gasteiger partial charge in [0.15, 0.2) is 0 Å². The van der Waals surface area contributed by atoms with Crippen molar-refractivity contribution in [3.05, 3.63) is 72.6 Å². The van der Waals surface area contributed by atoms with E-state index in [-0.39, 0.29) is 22.6 Å². The number of carbonyl (C=O) groups is 3. The largest absolute Gasteiger partial charge is 0.490 e. The zero-order chi connectivity index (χ0) is 28.5. The van der Waals surface area contributed by atoms with Crippen LogP contribution in [0.4, 0.5) is 23.2 Å². The summed E-state index contributed by atoms with van der Waals surface area (Å²) in [4.78, 5) is 35.3. The topological polar surface area (TPSA) is 133 Å². The van der Waals surface area contributed by atoms with E-state index in [2.05, 4.69) is 16.6 Å². The van der Waals surface area contributed by atoms with Gasteiger partial charge in [-0.1, -0.05) is 6.08 Å². The molecule has 0 atom stereocenters. The summed E-state index contributed by atoms with van der Waals surface area (Å²) in [6.45, 7) is 4.95. The molecule has 1 fully saturated rings. The van der Waals surface area contributed by atoms with Gasteiger partial charge in [0.1, 0.15) is 5.82 Å². The van der Waals surface area contributed by atoms with Crippen molar-refractivity contribution in [1.82, 2.24) is 10.2 Å². The van der Waals surface area contributed by atoms with E-state index in [0.717, 1.165) is 12.1 Å². The van der Waals surface area contributed by atoms with Crippen LogP contribution < -0.4 is 10.0 Å². The van der Waals surface area contributed by atoms with Crippen LogP contribution >= 0.6 is 0 Å². The zero-order valence-corrected chi connectivity index (χ0v) is 20.7. The van der Waals surface area contributed by atoms with E-state index >= 15 is 0 Å². The summed E-state index contributed by atoms with van der Waals surface area (Å²) < 4.78 is 71.9. The molecular weight excluding hydrogens is 534 g/mol. The SMILES string of the molecule is C=CCNC(=O)C1CCN(C(=O)c2ccc(NS(=O)(=O)c3ccc(F)cc3)cc2)CC1.O=C(O)C(F)(F)F. The molecule has 3 N–H and O–H groups in total. The number of halogens is 4. The molecule has 0 unspecified atom stereocenters. The molecule has 1 saturated heterocycles. The number of hydrogen-bond donors (Lipinski definition) is 3. The van der Waals surface area contributed by atoms with Gasteiger partial charge in [-0.3, -0.25) is 14.3 Å². The Morgan fingerprint density at radius 1 is 1.03 bits per heavy atom. The van der Waals surface area contributed by atoms with Crippen molar-refractivity contribution in [3.63, 3.8) is 0 Å². The number of hydrogen-bond acceptors (Lipinski definition) is 5. The third-order valence-corrected chi connectivity index (χ3v) is 6.72. The van der Waals surface area contributed by atoms with Gasteiger partial charge in [0.2, 0.25) is 5.91 Å². The van der Waals surface area contributed by atoms with E-state index in [1.165, 1.54) is 24.3 Å². The fourth-order valence-corrected chi connectivity index (χ4v) is 4.41. The maximum absolute atomic E-state index is 13.0. The summed E-state index contributed by atoms with van der Waals surface area (Å²) in [7, 11) is -3.86. The Balaban J connectivity index is 0.000000638. The van der Waals surface area contributed by atoms with Crippen LogP contribution in [0.3, 0.4) is 0 Å². The number of benzene rings is 2. The number of piperidine rings is 1. The van der Waals surface area contributed by atoms with Crippen molar-refractivity contribution in [3.8, 4) is 0 Å². The van der Waals surface area contributed by atoms with E-state index < -0.39 is 28.0 Å². The molecule has 1 heterocycles. The lowest BCUT2D eigenvalue weighted by Crippen LogP contribution is -2.43. The molecule has 0 saturated carbocycles. The molecule has 2 aromatic rings. The van der Waals surface area contributed by atoms with Crippen molar-refractivity contribution in [2.75, 3.05) is 24.4 Å². The van der Waals surface area contributed by atoms with Gasteiger partial charge in [-0.25, -0.2) is 17.6 Å². The number of carboxylic acid groups (broad SMARTS) is 1. The minimum Gasteiger partial charge on any atom is -0.475 e. The van der Waals surface area contributed by atoms with Crippen LogP contribution in [0.2, 0.25) is 0 Å². The van der Waals surface area contributed by atoms with E-state index in [9.17, 15) is 35.6 Å². The average molecular weight is 560 g/mol. The Morgan fingerprint density at radius 3 is 2.03 bits per heavy atom. The molecule has 0 aliphatic carbocycles. The van der Waals surface area contributed by atoms with Crippen LogP contribution in [0.5, 0.6) is 0 Å². The molecule has 0 spiro atoms. The number of nitrogens with zero attached hydrogens (tertiary/aromatic N) is 1. The second-order valence-corrected chi connectivity index (χ2v) is 9.72. The van der Waals surface area contributed by atoms with E-state index in [1.807, 2.05) is 0 Å². The van der Waals surface area contributed by atoms with E-state index in [1.54, 1.807) is 23.1 Å². The molecular formula is C24H25F4N3O6S. The summed E-state index contributed by atoms with van der Waals surface area (Å²) in [6, 6.07) is 10.6. The minimum atomic E-state index is -5.08. The van der Waals surface area contributed by atoms with Crippen molar-refractivity contribution >= 4 is 33.5 Å². The third kappa shape index (κ3) is 8.87. The molecule has 2 amide bonds. The monoisotopic (exact) mass is 559 g/mol. The number of alkyl halides is 3. The van der Waals surface area contributed by atoms with Gasteiger partial charge < -0.3 is 15.3 Å². The maximum atomic E-state index is 13.0. The molecule has 3 rings (SSSR count). The normalized spacial score (nSPS) is 14.1. The first-order chi connectivity index (χ1) is 17.7. The Hall–Kier alpha value is -3.94. The quantitative estimate of drug-likeness (QED) is 0.352. The highest BCUT2D eigenvalue weighted by molar-refractivity contribution is 7.92. The highest BCUT2D eigenvalue weighted by Gasteiger charge is 2.38. The zero-order valence-electron chi connectivity index (χ0n) is 19.9. The van der Waals surface area contributed by atoms with Gasteiger partial charge in [0.25, 0.3) is 15.9 Å². The smallest absolute Gasteiger partial charge is 0.475 e. The summed E-state index contributed by atoms with van der Waals surface area (Å²) in [6.07, 6.45) is -2.28. The van der Waals surface area contributed by atoms with Crippen molar-refractivity contribution in [1.29, 1.82) is 0 Å². The maximum Gasteiger partial charge on any atom is 0.490 e. The second-order valence-electron chi connectivity index (χ2n) is 8.04. The molecule has 0 bridgehead atoms. The molecule has 2 aromatic carbocycles. The predicted molar refractivity (Wildman–Crippen MR) is 129 cm³/mol. The van der Waals surface area contributed by atoms with Crippen LogP contribution in [-0.4, -0.2) is 62.0 Å². The minimum absolute atomic E-state index is 0.0233. The lowest BCUT2D eigenvalue weighted by Gasteiger charge is -2.31. The van der Waals surface area contributed by atoms with Gasteiger partial charge in [-0.05, 0) is 61.4 Å². The summed E-state index contributed by atoms with van der Waals surface area (Å²) in [5.74, 6) is -3.59. The molecule has 38 heavy (non-hydrogen) atoms. The average Bonchev–Trinajstić information content (AvgIpc) is 2.87. The highest BCUT2D eigenvalue weighted by Crippen LogP contribution is 2.21. The molecule has 14 heteroatoms. The number of likely N-dealkylation sites (tertiary alicyclic amines) is 1. The number of anilines is 1. The Bertz CT molecular complexity index is 1240. The number of rotatable bonds is 7. The second kappa shape index (κ2) is 13.0. The predicted octanol–water partition coefficient (Wildman–Crippen LogP) is 3.41. The number of carbonyl (C=O) groups excluding carboxylic acids is 2. The number of amides is 2. The van der Waals surface area contributed by atoms with Crippen molar-refractivity contribution in [2.45, 2.75) is 23.9 Å². The van der Waals surface area contributed by atoms with Crippen LogP contribution in [0, 0.1) is 11.7 Å². The molecule has 206 valence electrons. The third-order valence-electron chi connectivity index (χ3n) is 5.32. The summed E-state index contributed by atoms with van der Waals surface area (Å²) in [5, 5.41) is 9.91. The lowest BCUT2D eigenvalue weighted by molar-refractivity contribution is -0.192. The van der Waals surface area contributed by atoms with E-state index in [0.29, 0.717) is 43.7 Å². The number of aliphatic carboxylic acids is 1. The Kier molecular flexibility index (Phi) is 10.4.